The van der Waals surface area contributed by atoms with Crippen LogP contribution in [-0.2, 0) is 14.3 Å². The number of β-amino-alcohol motifs (C(OH)–C–C–N with tert-alkyl or cyclic N) is 1. The highest BCUT2D eigenvalue weighted by Crippen LogP contribution is 2.43. The maximum Gasteiger partial charge on any atom is 0.333 e. The van der Waals surface area contributed by atoms with E-state index in [0.29, 0.717) is 31.0 Å². The number of aliphatic hydroxyl groups is 1. The number of amides is 1. The van der Waals surface area contributed by atoms with Crippen LogP contribution in [0.4, 0.5) is 0 Å². The van der Waals surface area contributed by atoms with E-state index in [1.807, 2.05) is 13.0 Å². The maximum atomic E-state index is 12.8. The number of hydrogen-bond donors (Lipinski definition) is 1. The predicted octanol–water partition coefficient (Wildman–Crippen LogP) is 0.544. The zero-order chi connectivity index (χ0) is 23.0. The molecular weight excluding hydrogens is 426 g/mol. The van der Waals surface area contributed by atoms with Crippen LogP contribution in [0.25, 0.3) is 5.82 Å². The number of esters is 1. The summed E-state index contributed by atoms with van der Waals surface area (Å²) in [4.78, 5) is 32.6. The number of nitrogens with zero attached hydrogens (tertiary/aromatic N) is 7. The number of piperidine rings is 2. The SMILES string of the molecule is Cc1nc(-n2cnnn2)ccc1C(O)CN1CCC2(CC1)CCN(C1=CC(=O)OC1)C(=O)C2. The molecule has 11 heteroatoms. The van der Waals surface area contributed by atoms with Crippen molar-refractivity contribution in [2.45, 2.75) is 38.7 Å². The molecule has 2 fully saturated rings. The van der Waals surface area contributed by atoms with Crippen LogP contribution < -0.4 is 0 Å². The number of tetrazole rings is 1. The molecule has 0 radical (unpaired) electrons. The van der Waals surface area contributed by atoms with Crippen molar-refractivity contribution in [3.05, 3.63) is 41.5 Å². The number of rotatable bonds is 5. The second-order valence-electron chi connectivity index (χ2n) is 9.13. The second-order valence-corrected chi connectivity index (χ2v) is 9.13. The number of pyridine rings is 1. The Balaban J connectivity index is 1.16. The summed E-state index contributed by atoms with van der Waals surface area (Å²) in [5, 5.41) is 21.9. The number of hydrogen-bond acceptors (Lipinski definition) is 9. The number of cyclic esters (lactones) is 1. The largest absolute Gasteiger partial charge is 0.456 e. The van der Waals surface area contributed by atoms with E-state index in [2.05, 4.69) is 25.4 Å². The summed E-state index contributed by atoms with van der Waals surface area (Å²) in [6.45, 7) is 4.88. The summed E-state index contributed by atoms with van der Waals surface area (Å²) in [6, 6.07) is 3.67. The average molecular weight is 454 g/mol. The summed E-state index contributed by atoms with van der Waals surface area (Å²) in [6.07, 6.45) is 5.51. The van der Waals surface area contributed by atoms with Gasteiger partial charge in [-0.2, -0.15) is 4.68 Å². The van der Waals surface area contributed by atoms with Crippen LogP contribution in [0.5, 0.6) is 0 Å². The topological polar surface area (TPSA) is 127 Å². The van der Waals surface area contributed by atoms with Crippen LogP contribution in [-0.4, -0.2) is 84.8 Å². The van der Waals surface area contributed by atoms with Gasteiger partial charge in [0.05, 0.1) is 11.8 Å². The van der Waals surface area contributed by atoms with Crippen molar-refractivity contribution in [3.8, 4) is 5.82 Å². The fourth-order valence-electron chi connectivity index (χ4n) is 5.09. The molecule has 2 aromatic heterocycles. The van der Waals surface area contributed by atoms with Crippen molar-refractivity contribution in [2.75, 3.05) is 32.8 Å². The fourth-order valence-corrected chi connectivity index (χ4v) is 5.09. The van der Waals surface area contributed by atoms with Gasteiger partial charge in [-0.25, -0.2) is 9.78 Å². The highest BCUT2D eigenvalue weighted by Gasteiger charge is 2.42. The Hall–Kier alpha value is -3.18. The summed E-state index contributed by atoms with van der Waals surface area (Å²) < 4.78 is 6.44. The Bertz CT molecular complexity index is 1080. The van der Waals surface area contributed by atoms with E-state index < -0.39 is 6.10 Å². The zero-order valence-electron chi connectivity index (χ0n) is 18.6. The van der Waals surface area contributed by atoms with Gasteiger partial charge in [0.1, 0.15) is 12.9 Å². The van der Waals surface area contributed by atoms with Gasteiger partial charge in [-0.05, 0) is 61.2 Å². The number of ether oxygens (including phenoxy) is 1. The molecule has 0 saturated carbocycles. The Kier molecular flexibility index (Phi) is 5.67. The molecule has 3 aliphatic rings. The van der Waals surface area contributed by atoms with Gasteiger partial charge in [0, 0.05) is 36.8 Å². The van der Waals surface area contributed by atoms with Crippen LogP contribution >= 0.6 is 0 Å². The Morgan fingerprint density at radius 1 is 1.18 bits per heavy atom. The molecule has 11 nitrogen and oxygen atoms in total. The molecule has 1 spiro atoms. The lowest BCUT2D eigenvalue weighted by Crippen LogP contribution is -2.49. The molecule has 0 aromatic carbocycles. The van der Waals surface area contributed by atoms with Crippen LogP contribution in [0.2, 0.25) is 0 Å². The van der Waals surface area contributed by atoms with Gasteiger partial charge in [0.2, 0.25) is 5.91 Å². The highest BCUT2D eigenvalue weighted by molar-refractivity contribution is 5.88. The zero-order valence-corrected chi connectivity index (χ0v) is 18.6. The molecule has 3 aliphatic heterocycles. The molecule has 1 amide bonds. The first-order valence-corrected chi connectivity index (χ1v) is 11.2. The molecule has 33 heavy (non-hydrogen) atoms. The number of aryl methyl sites for hydroxylation is 1. The van der Waals surface area contributed by atoms with Gasteiger partial charge in [0.25, 0.3) is 0 Å². The highest BCUT2D eigenvalue weighted by atomic mass is 16.5. The number of aromatic nitrogens is 5. The quantitative estimate of drug-likeness (QED) is 0.646. The molecule has 2 aromatic rings. The molecule has 2 saturated heterocycles. The van der Waals surface area contributed by atoms with E-state index in [1.165, 1.54) is 17.1 Å². The van der Waals surface area contributed by atoms with Crippen molar-refractivity contribution in [1.29, 1.82) is 0 Å². The molecule has 1 unspecified atom stereocenters. The smallest absolute Gasteiger partial charge is 0.333 e. The first-order chi connectivity index (χ1) is 15.9. The lowest BCUT2D eigenvalue weighted by atomic mass is 9.71. The fraction of sp³-hybridized carbons (Fsp3) is 0.545. The molecule has 5 heterocycles. The molecule has 0 aliphatic carbocycles. The van der Waals surface area contributed by atoms with Gasteiger partial charge in [-0.3, -0.25) is 4.79 Å². The van der Waals surface area contributed by atoms with Gasteiger partial charge >= 0.3 is 5.97 Å². The Morgan fingerprint density at radius 3 is 2.61 bits per heavy atom. The lowest BCUT2D eigenvalue weighted by Gasteiger charge is -2.46. The van der Waals surface area contributed by atoms with Gasteiger partial charge < -0.3 is 19.6 Å². The van der Waals surface area contributed by atoms with E-state index in [-0.39, 0.29) is 23.9 Å². The summed E-state index contributed by atoms with van der Waals surface area (Å²) in [5.41, 5.74) is 2.21. The standard InChI is InChI=1S/C22H27N7O4/c1-15-17(2-3-19(24-15)29-14-23-25-26-29)18(30)12-27-7-4-22(5-8-27)6-9-28(20(31)11-22)16-10-21(32)33-13-16/h2-3,10,14,18,30H,4-9,11-13H2,1H3. The first kappa shape index (κ1) is 21.7. The third-order valence-electron chi connectivity index (χ3n) is 7.09. The van der Waals surface area contributed by atoms with Crippen molar-refractivity contribution in [1.82, 2.24) is 35.0 Å². The lowest BCUT2D eigenvalue weighted by molar-refractivity contribution is -0.139. The minimum absolute atomic E-state index is 0.00399. The van der Waals surface area contributed by atoms with Crippen molar-refractivity contribution < 1.29 is 19.4 Å². The van der Waals surface area contributed by atoms with Gasteiger partial charge in [-0.1, -0.05) is 6.07 Å². The van der Waals surface area contributed by atoms with E-state index in [1.54, 1.807) is 11.0 Å². The van der Waals surface area contributed by atoms with E-state index in [9.17, 15) is 14.7 Å². The van der Waals surface area contributed by atoms with E-state index >= 15 is 0 Å². The third kappa shape index (κ3) is 4.38. The number of aliphatic hydroxyl groups excluding tert-OH is 1. The summed E-state index contributed by atoms with van der Waals surface area (Å²) >= 11 is 0. The van der Waals surface area contributed by atoms with Crippen LogP contribution in [0.15, 0.2) is 30.2 Å². The van der Waals surface area contributed by atoms with Crippen LogP contribution in [0, 0.1) is 12.3 Å². The van der Waals surface area contributed by atoms with Gasteiger partial charge in [0.15, 0.2) is 5.82 Å². The minimum atomic E-state index is -0.648. The second kappa shape index (κ2) is 8.64. The monoisotopic (exact) mass is 453 g/mol. The molecule has 1 N–H and O–H groups in total. The Labute approximate surface area is 191 Å². The normalized spacial score (nSPS) is 21.9. The molecular formula is C22H27N7O4. The first-order valence-electron chi connectivity index (χ1n) is 11.2. The predicted molar refractivity (Wildman–Crippen MR) is 115 cm³/mol. The van der Waals surface area contributed by atoms with Crippen LogP contribution in [0.1, 0.15) is 43.0 Å². The number of likely N-dealkylation sites (tertiary alicyclic amines) is 2. The van der Waals surface area contributed by atoms with Crippen molar-refractivity contribution in [3.63, 3.8) is 0 Å². The molecule has 174 valence electrons. The summed E-state index contributed by atoms with van der Waals surface area (Å²) in [7, 11) is 0. The molecule has 5 rings (SSSR count). The molecule has 1 atom stereocenters. The molecule has 0 bridgehead atoms. The van der Waals surface area contributed by atoms with Crippen molar-refractivity contribution >= 4 is 11.9 Å². The average Bonchev–Trinajstić information content (AvgIpc) is 3.48. The van der Waals surface area contributed by atoms with Gasteiger partial charge in [-0.15, -0.1) is 5.10 Å². The third-order valence-corrected chi connectivity index (χ3v) is 7.09. The van der Waals surface area contributed by atoms with Crippen LogP contribution in [0.3, 0.4) is 0 Å². The minimum Gasteiger partial charge on any atom is -0.456 e. The Morgan fingerprint density at radius 2 is 1.97 bits per heavy atom. The van der Waals surface area contributed by atoms with E-state index in [0.717, 1.165) is 43.6 Å². The maximum absolute atomic E-state index is 12.8. The number of carbonyl (C=O) groups is 2. The van der Waals surface area contributed by atoms with E-state index in [4.69, 9.17) is 4.74 Å². The van der Waals surface area contributed by atoms with Crippen molar-refractivity contribution in [2.24, 2.45) is 5.41 Å². The number of carbonyl (C=O) groups excluding carboxylic acids is 2. The summed E-state index contributed by atoms with van der Waals surface area (Å²) in [5.74, 6) is 0.303.